The van der Waals surface area contributed by atoms with E-state index in [1.807, 2.05) is 11.9 Å². The number of nitrogens with two attached hydrogens (primary N) is 1. The molecule has 100 valence electrons. The molecule has 0 saturated carbocycles. The Morgan fingerprint density at radius 2 is 2.35 bits per heavy atom. The average Bonchev–Trinajstić information content (AvgIpc) is 2.27. The number of amides is 1. The lowest BCUT2D eigenvalue weighted by atomic mass is 10.1. The van der Waals surface area contributed by atoms with Crippen molar-refractivity contribution < 1.29 is 9.53 Å². The van der Waals surface area contributed by atoms with E-state index in [0.717, 1.165) is 32.7 Å². The molecule has 17 heavy (non-hydrogen) atoms. The molecule has 1 heterocycles. The fourth-order valence-electron chi connectivity index (χ4n) is 2.19. The van der Waals surface area contributed by atoms with Crippen molar-refractivity contribution in [1.82, 2.24) is 9.80 Å². The minimum atomic E-state index is -0.290. The monoisotopic (exact) mass is 243 g/mol. The van der Waals surface area contributed by atoms with Crippen LogP contribution in [0.15, 0.2) is 0 Å². The molecule has 2 atom stereocenters. The van der Waals surface area contributed by atoms with Gasteiger partial charge in [0.05, 0.1) is 19.3 Å². The third-order valence-electron chi connectivity index (χ3n) is 3.33. The summed E-state index contributed by atoms with van der Waals surface area (Å²) in [6, 6.07) is 0.600. The first-order chi connectivity index (χ1) is 8.02. The Balaban J connectivity index is 2.36. The zero-order valence-electron chi connectivity index (χ0n) is 11.2. The lowest BCUT2D eigenvalue weighted by Crippen LogP contribution is -2.50. The normalized spacial score (nSPS) is 23.9. The van der Waals surface area contributed by atoms with Gasteiger partial charge in [0.25, 0.3) is 0 Å². The quantitative estimate of drug-likeness (QED) is 0.708. The third kappa shape index (κ3) is 5.02. The molecule has 0 aromatic carbocycles. The van der Waals surface area contributed by atoms with E-state index in [9.17, 15) is 4.79 Å². The van der Waals surface area contributed by atoms with E-state index in [1.54, 1.807) is 0 Å². The Labute approximate surface area is 104 Å². The lowest BCUT2D eigenvalue weighted by molar-refractivity contribution is -0.119. The smallest absolute Gasteiger partial charge is 0.231 e. The topological polar surface area (TPSA) is 58.8 Å². The molecule has 1 saturated heterocycles. The molecular formula is C12H25N3O2. The van der Waals surface area contributed by atoms with Crippen LogP contribution in [0.1, 0.15) is 20.3 Å². The standard InChI is InChI=1S/C12H25N3O2/c1-4-10(2)15-5-6-17-11(8-15)7-14(3)9-12(13)16/h10-11H,4-9H2,1-3H3,(H2,13,16)/t10-,11-/m0/s1. The molecule has 1 aliphatic heterocycles. The van der Waals surface area contributed by atoms with Crippen molar-refractivity contribution in [2.75, 3.05) is 39.8 Å². The summed E-state index contributed by atoms with van der Waals surface area (Å²) in [6.45, 7) is 8.23. The van der Waals surface area contributed by atoms with E-state index >= 15 is 0 Å². The van der Waals surface area contributed by atoms with E-state index in [4.69, 9.17) is 10.5 Å². The van der Waals surface area contributed by atoms with Gasteiger partial charge in [0.2, 0.25) is 5.91 Å². The fourth-order valence-corrected chi connectivity index (χ4v) is 2.19. The summed E-state index contributed by atoms with van der Waals surface area (Å²) in [6.07, 6.45) is 1.34. The summed E-state index contributed by atoms with van der Waals surface area (Å²) in [5, 5.41) is 0. The van der Waals surface area contributed by atoms with Gasteiger partial charge in [0.1, 0.15) is 0 Å². The molecule has 0 radical (unpaired) electrons. The SMILES string of the molecule is CC[C@H](C)N1CCO[C@@H](CN(C)CC(N)=O)C1. The van der Waals surface area contributed by atoms with E-state index in [1.165, 1.54) is 0 Å². The molecule has 0 unspecified atom stereocenters. The molecule has 0 aliphatic carbocycles. The largest absolute Gasteiger partial charge is 0.374 e. The Morgan fingerprint density at radius 1 is 1.65 bits per heavy atom. The van der Waals surface area contributed by atoms with Gasteiger partial charge >= 0.3 is 0 Å². The second kappa shape index (κ2) is 6.93. The molecular weight excluding hydrogens is 218 g/mol. The zero-order chi connectivity index (χ0) is 12.8. The van der Waals surface area contributed by atoms with Crippen LogP contribution in [0.25, 0.3) is 0 Å². The minimum absolute atomic E-state index is 0.182. The van der Waals surface area contributed by atoms with Crippen LogP contribution >= 0.6 is 0 Å². The molecule has 5 nitrogen and oxygen atoms in total. The second-order valence-electron chi connectivity index (χ2n) is 4.91. The van der Waals surface area contributed by atoms with E-state index in [0.29, 0.717) is 12.6 Å². The number of hydrogen-bond donors (Lipinski definition) is 1. The maximum atomic E-state index is 10.8. The number of likely N-dealkylation sites (N-methyl/N-ethyl adjacent to an activating group) is 1. The molecule has 1 amide bonds. The highest BCUT2D eigenvalue weighted by Gasteiger charge is 2.24. The summed E-state index contributed by atoms with van der Waals surface area (Å²) < 4.78 is 5.72. The first-order valence-electron chi connectivity index (χ1n) is 6.35. The van der Waals surface area contributed by atoms with Crippen molar-refractivity contribution >= 4 is 5.91 Å². The summed E-state index contributed by atoms with van der Waals surface area (Å²) >= 11 is 0. The predicted octanol–water partition coefficient (Wildman–Crippen LogP) is -0.0972. The molecule has 1 fully saturated rings. The first kappa shape index (κ1) is 14.4. The van der Waals surface area contributed by atoms with Crippen molar-refractivity contribution in [2.24, 2.45) is 5.73 Å². The van der Waals surface area contributed by atoms with Gasteiger partial charge in [-0.25, -0.2) is 0 Å². The van der Waals surface area contributed by atoms with Crippen molar-refractivity contribution in [1.29, 1.82) is 0 Å². The van der Waals surface area contributed by atoms with Crippen LogP contribution < -0.4 is 5.73 Å². The van der Waals surface area contributed by atoms with Crippen LogP contribution in [0.2, 0.25) is 0 Å². The van der Waals surface area contributed by atoms with Crippen LogP contribution in [0.3, 0.4) is 0 Å². The van der Waals surface area contributed by atoms with E-state index < -0.39 is 0 Å². The summed E-state index contributed by atoms with van der Waals surface area (Å²) in [4.78, 5) is 15.2. The number of carbonyl (C=O) groups excluding carboxylic acids is 1. The molecule has 0 aromatic rings. The highest BCUT2D eigenvalue weighted by atomic mass is 16.5. The van der Waals surface area contributed by atoms with Gasteiger partial charge in [-0.15, -0.1) is 0 Å². The maximum Gasteiger partial charge on any atom is 0.231 e. The highest BCUT2D eigenvalue weighted by molar-refractivity contribution is 5.75. The number of nitrogens with zero attached hydrogens (tertiary/aromatic N) is 2. The van der Waals surface area contributed by atoms with Gasteiger partial charge in [-0.1, -0.05) is 6.92 Å². The van der Waals surface area contributed by atoms with Crippen LogP contribution in [0.5, 0.6) is 0 Å². The van der Waals surface area contributed by atoms with Crippen LogP contribution in [-0.4, -0.2) is 67.7 Å². The molecule has 0 spiro atoms. The maximum absolute atomic E-state index is 10.8. The molecule has 0 bridgehead atoms. The van der Waals surface area contributed by atoms with Crippen molar-refractivity contribution in [2.45, 2.75) is 32.4 Å². The van der Waals surface area contributed by atoms with Gasteiger partial charge in [-0.2, -0.15) is 0 Å². The van der Waals surface area contributed by atoms with Gasteiger partial charge < -0.3 is 10.5 Å². The van der Waals surface area contributed by atoms with Crippen LogP contribution in [0, 0.1) is 0 Å². The van der Waals surface area contributed by atoms with E-state index in [2.05, 4.69) is 18.7 Å². The average molecular weight is 243 g/mol. The Hall–Kier alpha value is -0.650. The van der Waals surface area contributed by atoms with Gasteiger partial charge in [0, 0.05) is 25.7 Å². The first-order valence-corrected chi connectivity index (χ1v) is 6.35. The molecule has 0 aromatic heterocycles. The Kier molecular flexibility index (Phi) is 5.88. The molecule has 1 aliphatic rings. The number of hydrogen-bond acceptors (Lipinski definition) is 4. The summed E-state index contributed by atoms with van der Waals surface area (Å²) in [5.74, 6) is -0.290. The molecule has 2 N–H and O–H groups in total. The third-order valence-corrected chi connectivity index (χ3v) is 3.33. The van der Waals surface area contributed by atoms with Crippen LogP contribution in [-0.2, 0) is 9.53 Å². The number of carbonyl (C=O) groups is 1. The molecule has 1 rings (SSSR count). The Morgan fingerprint density at radius 3 is 2.94 bits per heavy atom. The van der Waals surface area contributed by atoms with Gasteiger partial charge in [-0.05, 0) is 20.4 Å². The zero-order valence-corrected chi connectivity index (χ0v) is 11.2. The highest BCUT2D eigenvalue weighted by Crippen LogP contribution is 2.11. The molecule has 5 heteroatoms. The fraction of sp³-hybridized carbons (Fsp3) is 0.917. The number of ether oxygens (including phenoxy) is 1. The number of morpholine rings is 1. The van der Waals surface area contributed by atoms with Crippen LogP contribution in [0.4, 0.5) is 0 Å². The number of primary amides is 1. The number of rotatable bonds is 6. The van der Waals surface area contributed by atoms with Crippen molar-refractivity contribution in [3.05, 3.63) is 0 Å². The Bertz CT molecular complexity index is 248. The van der Waals surface area contributed by atoms with Gasteiger partial charge in [0.15, 0.2) is 0 Å². The van der Waals surface area contributed by atoms with E-state index in [-0.39, 0.29) is 12.0 Å². The van der Waals surface area contributed by atoms with Crippen molar-refractivity contribution in [3.63, 3.8) is 0 Å². The second-order valence-corrected chi connectivity index (χ2v) is 4.91. The minimum Gasteiger partial charge on any atom is -0.374 e. The predicted molar refractivity (Wildman–Crippen MR) is 67.8 cm³/mol. The van der Waals surface area contributed by atoms with Crippen molar-refractivity contribution in [3.8, 4) is 0 Å². The summed E-state index contributed by atoms with van der Waals surface area (Å²) in [7, 11) is 1.90. The summed E-state index contributed by atoms with van der Waals surface area (Å²) in [5.41, 5.74) is 5.16. The lowest BCUT2D eigenvalue weighted by Gasteiger charge is -2.37. The van der Waals surface area contributed by atoms with Gasteiger partial charge in [-0.3, -0.25) is 14.6 Å².